The lowest BCUT2D eigenvalue weighted by Crippen LogP contribution is -2.42. The molecule has 1 aliphatic heterocycles. The van der Waals surface area contributed by atoms with Crippen LogP contribution in [0, 0.1) is 6.92 Å². The molecule has 0 radical (unpaired) electrons. The minimum atomic E-state index is -0.358. The maximum atomic E-state index is 12.1. The largest absolute Gasteiger partial charge is 0.391 e. The van der Waals surface area contributed by atoms with Crippen LogP contribution < -0.4 is 0 Å². The van der Waals surface area contributed by atoms with Crippen molar-refractivity contribution in [2.24, 2.45) is 0 Å². The summed E-state index contributed by atoms with van der Waals surface area (Å²) >= 11 is 0. The fraction of sp³-hybridized carbons (Fsp3) is 0.462. The van der Waals surface area contributed by atoms with Gasteiger partial charge in [-0.05, 0) is 31.9 Å². The van der Waals surface area contributed by atoms with Crippen LogP contribution in [0.2, 0.25) is 0 Å². The van der Waals surface area contributed by atoms with Gasteiger partial charge in [0, 0.05) is 18.7 Å². The van der Waals surface area contributed by atoms with Gasteiger partial charge in [-0.2, -0.15) is 0 Å². The van der Waals surface area contributed by atoms with Crippen molar-refractivity contribution in [3.05, 3.63) is 35.4 Å². The number of amides is 1. The van der Waals surface area contributed by atoms with Crippen LogP contribution in [0.15, 0.2) is 24.3 Å². The molecule has 0 aromatic heterocycles. The van der Waals surface area contributed by atoms with Crippen molar-refractivity contribution in [2.75, 3.05) is 13.1 Å². The van der Waals surface area contributed by atoms with Gasteiger partial charge < -0.3 is 10.0 Å². The zero-order valence-corrected chi connectivity index (χ0v) is 9.52. The van der Waals surface area contributed by atoms with Gasteiger partial charge in [-0.15, -0.1) is 0 Å². The van der Waals surface area contributed by atoms with E-state index in [2.05, 4.69) is 0 Å². The maximum Gasteiger partial charge on any atom is 0.253 e. The molecule has 0 aliphatic carbocycles. The van der Waals surface area contributed by atoms with Crippen LogP contribution >= 0.6 is 0 Å². The predicted molar refractivity (Wildman–Crippen MR) is 62.3 cm³/mol. The Labute approximate surface area is 95.7 Å². The second kappa shape index (κ2) is 4.66. The Morgan fingerprint density at radius 2 is 2.06 bits per heavy atom. The summed E-state index contributed by atoms with van der Waals surface area (Å²) in [6.45, 7) is 3.22. The first-order valence-corrected chi connectivity index (χ1v) is 5.71. The standard InChI is InChI=1S/C13H17NO2/c1-10-4-6-11(7-5-10)13(16)14-8-2-3-12(15)9-14/h4-7,12,15H,2-3,8-9H2,1H3/t12-/m1/s1. The van der Waals surface area contributed by atoms with E-state index >= 15 is 0 Å². The number of carbonyl (C=O) groups excluding carboxylic acids is 1. The first kappa shape index (κ1) is 11.1. The predicted octanol–water partition coefficient (Wildman–Crippen LogP) is 1.59. The highest BCUT2D eigenvalue weighted by Crippen LogP contribution is 2.14. The van der Waals surface area contributed by atoms with Crippen molar-refractivity contribution in [3.8, 4) is 0 Å². The van der Waals surface area contributed by atoms with E-state index in [-0.39, 0.29) is 12.0 Å². The van der Waals surface area contributed by atoms with E-state index < -0.39 is 0 Å². The Bertz CT molecular complexity index is 372. The first-order valence-electron chi connectivity index (χ1n) is 5.71. The SMILES string of the molecule is Cc1ccc(C(=O)N2CCC[C@@H](O)C2)cc1. The van der Waals surface area contributed by atoms with Gasteiger partial charge in [0.25, 0.3) is 5.91 Å². The second-order valence-corrected chi connectivity index (χ2v) is 4.41. The van der Waals surface area contributed by atoms with E-state index in [9.17, 15) is 9.90 Å². The number of benzene rings is 1. The van der Waals surface area contributed by atoms with Crippen LogP contribution in [0.4, 0.5) is 0 Å². The Hall–Kier alpha value is -1.35. The molecule has 1 aromatic rings. The number of likely N-dealkylation sites (tertiary alicyclic amines) is 1. The van der Waals surface area contributed by atoms with Crippen LogP contribution in [0.25, 0.3) is 0 Å². The van der Waals surface area contributed by atoms with Crippen LogP contribution in [-0.4, -0.2) is 35.1 Å². The molecular formula is C13H17NO2. The number of β-amino-alcohol motifs (C(OH)–C–C–N with tert-alkyl or cyclic N) is 1. The molecule has 3 heteroatoms. The first-order chi connectivity index (χ1) is 7.66. The topological polar surface area (TPSA) is 40.5 Å². The average Bonchev–Trinajstić information content (AvgIpc) is 2.29. The summed E-state index contributed by atoms with van der Waals surface area (Å²) < 4.78 is 0. The van der Waals surface area contributed by atoms with Crippen molar-refractivity contribution >= 4 is 5.91 Å². The van der Waals surface area contributed by atoms with Gasteiger partial charge in [0.2, 0.25) is 0 Å². The normalized spacial score (nSPS) is 20.9. The Balaban J connectivity index is 2.09. The molecular weight excluding hydrogens is 202 g/mol. The maximum absolute atomic E-state index is 12.1. The summed E-state index contributed by atoms with van der Waals surface area (Å²) in [5.74, 6) is 0.0266. The monoisotopic (exact) mass is 219 g/mol. The van der Waals surface area contributed by atoms with Gasteiger partial charge >= 0.3 is 0 Å². The van der Waals surface area contributed by atoms with E-state index in [1.165, 1.54) is 0 Å². The molecule has 1 heterocycles. The van der Waals surface area contributed by atoms with Crippen LogP contribution in [0.3, 0.4) is 0 Å². The molecule has 0 spiro atoms. The molecule has 2 rings (SSSR count). The number of carbonyl (C=O) groups is 1. The number of aliphatic hydroxyl groups is 1. The molecule has 16 heavy (non-hydrogen) atoms. The molecule has 1 N–H and O–H groups in total. The highest BCUT2D eigenvalue weighted by Gasteiger charge is 2.22. The van der Waals surface area contributed by atoms with Crippen LogP contribution in [-0.2, 0) is 0 Å². The van der Waals surface area contributed by atoms with Gasteiger partial charge in [0.1, 0.15) is 0 Å². The highest BCUT2D eigenvalue weighted by molar-refractivity contribution is 5.94. The molecule has 0 saturated carbocycles. The van der Waals surface area contributed by atoms with Crippen molar-refractivity contribution in [3.63, 3.8) is 0 Å². The van der Waals surface area contributed by atoms with Gasteiger partial charge in [0.15, 0.2) is 0 Å². The summed E-state index contributed by atoms with van der Waals surface area (Å²) in [5, 5.41) is 9.53. The van der Waals surface area contributed by atoms with Crippen molar-refractivity contribution < 1.29 is 9.90 Å². The Morgan fingerprint density at radius 3 is 2.69 bits per heavy atom. The minimum absolute atomic E-state index is 0.0266. The highest BCUT2D eigenvalue weighted by atomic mass is 16.3. The van der Waals surface area contributed by atoms with Crippen molar-refractivity contribution in [1.82, 2.24) is 4.90 Å². The average molecular weight is 219 g/mol. The number of nitrogens with zero attached hydrogens (tertiary/aromatic N) is 1. The number of aliphatic hydroxyl groups excluding tert-OH is 1. The summed E-state index contributed by atoms with van der Waals surface area (Å²) in [5.41, 5.74) is 1.86. The van der Waals surface area contributed by atoms with E-state index in [0.29, 0.717) is 12.1 Å². The Morgan fingerprint density at radius 1 is 1.38 bits per heavy atom. The van der Waals surface area contributed by atoms with E-state index in [4.69, 9.17) is 0 Å². The number of rotatable bonds is 1. The van der Waals surface area contributed by atoms with Gasteiger partial charge in [0.05, 0.1) is 6.10 Å². The quantitative estimate of drug-likeness (QED) is 0.779. The molecule has 1 amide bonds. The van der Waals surface area contributed by atoms with Gasteiger partial charge in [-0.3, -0.25) is 4.79 Å². The third-order valence-corrected chi connectivity index (χ3v) is 2.98. The molecule has 1 aromatic carbocycles. The van der Waals surface area contributed by atoms with E-state index in [1.54, 1.807) is 4.90 Å². The summed E-state index contributed by atoms with van der Waals surface area (Å²) in [4.78, 5) is 13.8. The smallest absolute Gasteiger partial charge is 0.253 e. The lowest BCUT2D eigenvalue weighted by atomic mass is 10.1. The van der Waals surface area contributed by atoms with Gasteiger partial charge in [-0.25, -0.2) is 0 Å². The summed E-state index contributed by atoms with van der Waals surface area (Å²) in [6, 6.07) is 7.57. The zero-order valence-electron chi connectivity index (χ0n) is 9.52. The van der Waals surface area contributed by atoms with Crippen LogP contribution in [0.5, 0.6) is 0 Å². The number of piperidine rings is 1. The third kappa shape index (κ3) is 2.42. The molecule has 1 fully saturated rings. The number of hydrogen-bond donors (Lipinski definition) is 1. The Kier molecular flexibility index (Phi) is 3.25. The van der Waals surface area contributed by atoms with Crippen molar-refractivity contribution in [1.29, 1.82) is 0 Å². The summed E-state index contributed by atoms with van der Waals surface area (Å²) in [6.07, 6.45) is 1.33. The summed E-state index contributed by atoms with van der Waals surface area (Å²) in [7, 11) is 0. The minimum Gasteiger partial charge on any atom is -0.391 e. The molecule has 86 valence electrons. The molecule has 0 bridgehead atoms. The number of aryl methyl sites for hydroxylation is 1. The molecule has 3 nitrogen and oxygen atoms in total. The lowest BCUT2D eigenvalue weighted by molar-refractivity contribution is 0.0474. The zero-order chi connectivity index (χ0) is 11.5. The lowest BCUT2D eigenvalue weighted by Gasteiger charge is -2.30. The fourth-order valence-corrected chi connectivity index (χ4v) is 2.02. The second-order valence-electron chi connectivity index (χ2n) is 4.41. The van der Waals surface area contributed by atoms with Gasteiger partial charge in [-0.1, -0.05) is 17.7 Å². The molecule has 1 saturated heterocycles. The fourth-order valence-electron chi connectivity index (χ4n) is 2.02. The molecule has 1 atom stereocenters. The van der Waals surface area contributed by atoms with E-state index in [1.807, 2.05) is 31.2 Å². The van der Waals surface area contributed by atoms with Crippen molar-refractivity contribution in [2.45, 2.75) is 25.9 Å². The van der Waals surface area contributed by atoms with E-state index in [0.717, 1.165) is 24.9 Å². The molecule has 0 unspecified atom stereocenters. The third-order valence-electron chi connectivity index (χ3n) is 2.98. The molecule has 1 aliphatic rings. The van der Waals surface area contributed by atoms with Crippen LogP contribution in [0.1, 0.15) is 28.8 Å². The number of hydrogen-bond acceptors (Lipinski definition) is 2.